The molecule has 0 aromatic carbocycles. The van der Waals surface area contributed by atoms with E-state index in [1.54, 1.807) is 0 Å². The Morgan fingerprint density at radius 3 is 2.48 bits per heavy atom. The fourth-order valence-electron chi connectivity index (χ4n) is 2.94. The summed E-state index contributed by atoms with van der Waals surface area (Å²) in [5, 5.41) is 6.96. The third-order valence-electron chi connectivity index (χ3n) is 4.29. The minimum absolute atomic E-state index is 0. The van der Waals surface area contributed by atoms with E-state index in [0.717, 1.165) is 64.7 Å². The van der Waals surface area contributed by atoms with Gasteiger partial charge in [0.25, 0.3) is 0 Å². The molecule has 0 radical (unpaired) electrons. The minimum atomic E-state index is 0. The molecule has 2 N–H and O–H groups in total. The number of nitrogens with zero attached hydrogens (tertiary/aromatic N) is 2. The van der Waals surface area contributed by atoms with Crippen molar-refractivity contribution in [1.29, 1.82) is 0 Å². The van der Waals surface area contributed by atoms with Gasteiger partial charge in [0.05, 0.1) is 19.8 Å². The van der Waals surface area contributed by atoms with Gasteiger partial charge in [0.1, 0.15) is 0 Å². The summed E-state index contributed by atoms with van der Waals surface area (Å²) in [5.74, 6) is 0.953. The summed E-state index contributed by atoms with van der Waals surface area (Å²) in [5.41, 5.74) is 1.48. The van der Waals surface area contributed by atoms with Crippen molar-refractivity contribution in [2.45, 2.75) is 39.7 Å². The molecule has 0 aliphatic carbocycles. The van der Waals surface area contributed by atoms with E-state index < -0.39 is 0 Å². The van der Waals surface area contributed by atoms with Gasteiger partial charge in [-0.3, -0.25) is 9.89 Å². The van der Waals surface area contributed by atoms with E-state index >= 15 is 0 Å². The highest BCUT2D eigenvalue weighted by Crippen LogP contribution is 2.26. The monoisotopic (exact) mass is 436 g/mol. The van der Waals surface area contributed by atoms with Crippen molar-refractivity contribution in [3.63, 3.8) is 0 Å². The molecule has 2 aliphatic heterocycles. The Morgan fingerprint density at radius 1 is 1.35 bits per heavy atom. The van der Waals surface area contributed by atoms with E-state index in [2.05, 4.69) is 42.9 Å². The standard InChI is InChI=1S/C17H32N4O.HI/c1-5-18-16(19-11-17(4)12-22-13-17)20-15-6-8-21(9-7-15)10-14(2)3;/h15H,2,5-13H2,1,3-4H3,(H2,18,19,20);1H. The second kappa shape index (κ2) is 9.84. The van der Waals surface area contributed by atoms with Crippen molar-refractivity contribution in [1.82, 2.24) is 15.5 Å². The molecular formula is C17H33IN4O. The van der Waals surface area contributed by atoms with Crippen molar-refractivity contribution in [3.8, 4) is 0 Å². The number of rotatable bonds is 6. The first-order valence-corrected chi connectivity index (χ1v) is 8.50. The van der Waals surface area contributed by atoms with E-state index in [9.17, 15) is 0 Å². The van der Waals surface area contributed by atoms with Gasteiger partial charge in [0.2, 0.25) is 0 Å². The molecule has 0 bridgehead atoms. The molecule has 0 atom stereocenters. The predicted octanol–water partition coefficient (Wildman–Crippen LogP) is 2.24. The first-order chi connectivity index (χ1) is 10.5. The van der Waals surface area contributed by atoms with Crippen LogP contribution in [0.2, 0.25) is 0 Å². The average molecular weight is 436 g/mol. The van der Waals surface area contributed by atoms with E-state index in [1.165, 1.54) is 5.57 Å². The van der Waals surface area contributed by atoms with Crippen molar-refractivity contribution in [2.24, 2.45) is 10.4 Å². The number of aliphatic imine (C=N–C) groups is 1. The maximum absolute atomic E-state index is 5.30. The topological polar surface area (TPSA) is 48.9 Å². The number of hydrogen-bond donors (Lipinski definition) is 2. The fraction of sp³-hybridized carbons (Fsp3) is 0.824. The van der Waals surface area contributed by atoms with E-state index in [4.69, 9.17) is 9.73 Å². The van der Waals surface area contributed by atoms with Crippen LogP contribution in [0.5, 0.6) is 0 Å². The van der Waals surface area contributed by atoms with Crippen LogP contribution in [-0.2, 0) is 4.74 Å². The normalized spacial score (nSPS) is 22.0. The van der Waals surface area contributed by atoms with Crippen molar-refractivity contribution < 1.29 is 4.74 Å². The molecule has 6 heteroatoms. The molecule has 2 rings (SSSR count). The molecule has 0 unspecified atom stereocenters. The van der Waals surface area contributed by atoms with Crippen molar-refractivity contribution in [2.75, 3.05) is 45.9 Å². The largest absolute Gasteiger partial charge is 0.380 e. The van der Waals surface area contributed by atoms with Gasteiger partial charge in [0, 0.05) is 37.6 Å². The summed E-state index contributed by atoms with van der Waals surface area (Å²) in [7, 11) is 0. The van der Waals surface area contributed by atoms with Crippen molar-refractivity contribution in [3.05, 3.63) is 12.2 Å². The molecule has 2 fully saturated rings. The number of nitrogens with one attached hydrogen (secondary N) is 2. The number of guanidine groups is 1. The van der Waals surface area contributed by atoms with Gasteiger partial charge in [-0.25, -0.2) is 0 Å². The van der Waals surface area contributed by atoms with Gasteiger partial charge in [0.15, 0.2) is 5.96 Å². The highest BCUT2D eigenvalue weighted by atomic mass is 127. The summed E-state index contributed by atoms with van der Waals surface area (Å²) in [6.45, 7) is 17.1. The van der Waals surface area contributed by atoms with Crippen LogP contribution in [0.4, 0.5) is 0 Å². The smallest absolute Gasteiger partial charge is 0.191 e. The first-order valence-electron chi connectivity index (χ1n) is 8.50. The van der Waals surface area contributed by atoms with Crippen LogP contribution in [0, 0.1) is 5.41 Å². The molecule has 2 heterocycles. The Balaban J connectivity index is 0.00000264. The number of halogens is 1. The van der Waals surface area contributed by atoms with Crippen LogP contribution in [0.25, 0.3) is 0 Å². The second-order valence-electron chi connectivity index (χ2n) is 7.15. The molecule has 0 aromatic rings. The third-order valence-corrected chi connectivity index (χ3v) is 4.29. The van der Waals surface area contributed by atoms with E-state index in [0.29, 0.717) is 6.04 Å². The number of piperidine rings is 1. The van der Waals surface area contributed by atoms with Crippen LogP contribution in [-0.4, -0.2) is 62.8 Å². The van der Waals surface area contributed by atoms with Crippen LogP contribution in [0.1, 0.15) is 33.6 Å². The van der Waals surface area contributed by atoms with Crippen LogP contribution >= 0.6 is 24.0 Å². The van der Waals surface area contributed by atoms with Gasteiger partial charge in [-0.15, -0.1) is 24.0 Å². The van der Waals surface area contributed by atoms with E-state index in [1.807, 2.05) is 0 Å². The maximum Gasteiger partial charge on any atom is 0.191 e. The van der Waals surface area contributed by atoms with Gasteiger partial charge in [-0.1, -0.05) is 19.1 Å². The second-order valence-corrected chi connectivity index (χ2v) is 7.15. The highest BCUT2D eigenvalue weighted by Gasteiger charge is 2.33. The summed E-state index contributed by atoms with van der Waals surface area (Å²) >= 11 is 0. The molecule has 0 amide bonds. The summed E-state index contributed by atoms with van der Waals surface area (Å²) in [4.78, 5) is 7.24. The molecule has 5 nitrogen and oxygen atoms in total. The van der Waals surface area contributed by atoms with Gasteiger partial charge < -0.3 is 15.4 Å². The molecule has 0 aromatic heterocycles. The number of ether oxygens (including phenoxy) is 1. The summed E-state index contributed by atoms with van der Waals surface area (Å²) in [6.07, 6.45) is 2.33. The van der Waals surface area contributed by atoms with Crippen LogP contribution < -0.4 is 10.6 Å². The van der Waals surface area contributed by atoms with E-state index in [-0.39, 0.29) is 29.4 Å². The molecular weight excluding hydrogens is 403 g/mol. The Bertz CT molecular complexity index is 401. The Morgan fingerprint density at radius 2 is 2.00 bits per heavy atom. The number of hydrogen-bond acceptors (Lipinski definition) is 3. The lowest BCUT2D eigenvalue weighted by molar-refractivity contribution is -0.0945. The molecule has 0 spiro atoms. The fourth-order valence-corrected chi connectivity index (χ4v) is 2.94. The zero-order valence-electron chi connectivity index (χ0n) is 14.9. The first kappa shape index (κ1) is 20.7. The lowest BCUT2D eigenvalue weighted by Gasteiger charge is -2.37. The molecule has 2 saturated heterocycles. The van der Waals surface area contributed by atoms with Gasteiger partial charge in [-0.05, 0) is 26.7 Å². The zero-order valence-corrected chi connectivity index (χ0v) is 17.2. The molecule has 0 saturated carbocycles. The molecule has 134 valence electrons. The van der Waals surface area contributed by atoms with Crippen LogP contribution in [0.3, 0.4) is 0 Å². The lowest BCUT2D eigenvalue weighted by atomic mass is 9.89. The Kier molecular flexibility index (Phi) is 8.85. The molecule has 23 heavy (non-hydrogen) atoms. The average Bonchev–Trinajstić information content (AvgIpc) is 2.44. The maximum atomic E-state index is 5.30. The molecule has 2 aliphatic rings. The predicted molar refractivity (Wildman–Crippen MR) is 108 cm³/mol. The summed E-state index contributed by atoms with van der Waals surface area (Å²) < 4.78 is 5.30. The highest BCUT2D eigenvalue weighted by molar-refractivity contribution is 14.0. The zero-order chi connectivity index (χ0) is 16.0. The minimum Gasteiger partial charge on any atom is -0.380 e. The Hall–Kier alpha value is -0.340. The van der Waals surface area contributed by atoms with Gasteiger partial charge in [-0.2, -0.15) is 0 Å². The Labute approximate surface area is 158 Å². The quantitative estimate of drug-likeness (QED) is 0.290. The van der Waals surface area contributed by atoms with Crippen molar-refractivity contribution >= 4 is 29.9 Å². The summed E-state index contributed by atoms with van der Waals surface area (Å²) in [6, 6.07) is 0.518. The number of likely N-dealkylation sites (tertiary alicyclic amines) is 1. The third kappa shape index (κ3) is 6.97. The SMILES string of the molecule is C=C(C)CN1CCC(NC(=NCC2(C)COC2)NCC)CC1.I. The lowest BCUT2D eigenvalue weighted by Crippen LogP contribution is -2.50. The van der Waals surface area contributed by atoms with Crippen LogP contribution in [0.15, 0.2) is 17.1 Å². The van der Waals surface area contributed by atoms with Gasteiger partial charge >= 0.3 is 0 Å².